The molecule has 0 saturated carbocycles. The maximum absolute atomic E-state index is 11.9. The summed E-state index contributed by atoms with van der Waals surface area (Å²) in [7, 11) is 0. The van der Waals surface area contributed by atoms with E-state index < -0.39 is 4.75 Å². The van der Waals surface area contributed by atoms with Crippen LogP contribution in [0.3, 0.4) is 0 Å². The molecule has 2 nitrogen and oxygen atoms in total. The summed E-state index contributed by atoms with van der Waals surface area (Å²) in [5.74, 6) is -0.154. The molecule has 0 aliphatic carbocycles. The van der Waals surface area contributed by atoms with Crippen molar-refractivity contribution in [3.8, 4) is 0 Å². The normalized spacial score (nSPS) is 31.4. The number of hydrogen-bond donors (Lipinski definition) is 0. The minimum atomic E-state index is -0.573. The largest absolute Gasteiger partial charge is 0.449 e. The van der Waals surface area contributed by atoms with Crippen LogP contribution in [0.15, 0.2) is 24.3 Å². The SMILES string of the molecule is C=C/C(C)=C/[C@@]1(C)S[C@H](C(C)(C)C)OC1=O. The van der Waals surface area contributed by atoms with Crippen molar-refractivity contribution in [3.05, 3.63) is 24.3 Å². The maximum atomic E-state index is 11.9. The van der Waals surface area contributed by atoms with Crippen LogP contribution < -0.4 is 0 Å². The summed E-state index contributed by atoms with van der Waals surface area (Å²) in [5.41, 5.74) is 0.883. The average molecular weight is 240 g/mol. The molecule has 0 unspecified atom stereocenters. The van der Waals surface area contributed by atoms with Gasteiger partial charge in [-0.05, 0) is 13.8 Å². The van der Waals surface area contributed by atoms with E-state index in [4.69, 9.17) is 4.74 Å². The first-order chi connectivity index (χ1) is 7.19. The molecule has 0 radical (unpaired) electrons. The number of rotatable bonds is 2. The molecule has 0 N–H and O–H groups in total. The van der Waals surface area contributed by atoms with Crippen molar-refractivity contribution in [2.75, 3.05) is 0 Å². The van der Waals surface area contributed by atoms with Gasteiger partial charge in [0.2, 0.25) is 0 Å². The van der Waals surface area contributed by atoms with E-state index in [-0.39, 0.29) is 16.8 Å². The van der Waals surface area contributed by atoms with Crippen molar-refractivity contribution < 1.29 is 9.53 Å². The van der Waals surface area contributed by atoms with E-state index in [0.717, 1.165) is 5.57 Å². The first kappa shape index (κ1) is 13.4. The van der Waals surface area contributed by atoms with Crippen LogP contribution in [0.5, 0.6) is 0 Å². The second kappa shape index (κ2) is 4.28. The third kappa shape index (κ3) is 2.70. The summed E-state index contributed by atoms with van der Waals surface area (Å²) >= 11 is 1.58. The second-order valence-electron chi connectivity index (χ2n) is 5.42. The molecule has 1 rings (SSSR count). The number of esters is 1. The van der Waals surface area contributed by atoms with E-state index >= 15 is 0 Å². The van der Waals surface area contributed by atoms with Crippen molar-refractivity contribution in [1.82, 2.24) is 0 Å². The fourth-order valence-corrected chi connectivity index (χ4v) is 2.78. The van der Waals surface area contributed by atoms with E-state index in [0.29, 0.717) is 0 Å². The number of hydrogen-bond acceptors (Lipinski definition) is 3. The summed E-state index contributed by atoms with van der Waals surface area (Å²) in [6.07, 6.45) is 3.68. The van der Waals surface area contributed by atoms with Gasteiger partial charge in [-0.25, -0.2) is 0 Å². The Hall–Kier alpha value is -0.700. The lowest BCUT2D eigenvalue weighted by Crippen LogP contribution is -2.24. The van der Waals surface area contributed by atoms with Crippen LogP contribution in [0.1, 0.15) is 34.6 Å². The van der Waals surface area contributed by atoms with E-state index in [9.17, 15) is 4.79 Å². The zero-order valence-corrected chi connectivity index (χ0v) is 11.5. The molecule has 0 aromatic heterocycles. The highest BCUT2D eigenvalue weighted by Crippen LogP contribution is 2.47. The molecule has 0 aromatic carbocycles. The predicted molar refractivity (Wildman–Crippen MR) is 69.3 cm³/mol. The standard InChI is InChI=1S/C13H20O2S/c1-7-9(2)8-13(6)10(14)15-11(16-13)12(3,4)5/h7-8,11H,1H2,2-6H3/b9-8+/t11-,13-/m1/s1. The van der Waals surface area contributed by atoms with Crippen molar-refractivity contribution in [3.63, 3.8) is 0 Å². The zero-order chi connectivity index (χ0) is 12.6. The van der Waals surface area contributed by atoms with Gasteiger partial charge in [0.05, 0.1) is 0 Å². The van der Waals surface area contributed by atoms with E-state index in [2.05, 4.69) is 27.4 Å². The van der Waals surface area contributed by atoms with Gasteiger partial charge in [-0.3, -0.25) is 4.79 Å². The highest BCUT2D eigenvalue weighted by Gasteiger charge is 2.48. The van der Waals surface area contributed by atoms with Gasteiger partial charge in [0.15, 0.2) is 5.44 Å². The monoisotopic (exact) mass is 240 g/mol. The van der Waals surface area contributed by atoms with Gasteiger partial charge in [-0.1, -0.05) is 56.8 Å². The van der Waals surface area contributed by atoms with Crippen LogP contribution in [-0.2, 0) is 9.53 Å². The molecule has 0 bridgehead atoms. The number of thioether (sulfide) groups is 1. The first-order valence-electron chi connectivity index (χ1n) is 5.40. The smallest absolute Gasteiger partial charge is 0.327 e. The number of allylic oxidation sites excluding steroid dienone is 2. The third-order valence-corrected chi connectivity index (χ3v) is 4.29. The predicted octanol–water partition coefficient (Wildman–Crippen LogP) is 3.54. The van der Waals surface area contributed by atoms with Gasteiger partial charge < -0.3 is 4.74 Å². The lowest BCUT2D eigenvalue weighted by molar-refractivity contribution is -0.146. The molecule has 0 spiro atoms. The molecule has 0 aromatic rings. The Bertz CT molecular complexity index is 338. The Balaban J connectivity index is 2.94. The van der Waals surface area contributed by atoms with E-state index in [1.165, 1.54) is 0 Å². The Kier molecular flexibility index (Phi) is 3.58. The van der Waals surface area contributed by atoms with Gasteiger partial charge in [-0.15, -0.1) is 0 Å². The van der Waals surface area contributed by atoms with E-state index in [1.807, 2.05) is 19.9 Å². The third-order valence-electron chi connectivity index (χ3n) is 2.50. The highest BCUT2D eigenvalue weighted by atomic mass is 32.2. The zero-order valence-electron chi connectivity index (χ0n) is 10.7. The van der Waals surface area contributed by atoms with Crippen LogP contribution >= 0.6 is 11.8 Å². The van der Waals surface area contributed by atoms with E-state index in [1.54, 1.807) is 17.8 Å². The lowest BCUT2D eigenvalue weighted by Gasteiger charge is -2.24. The molecule has 1 heterocycles. The molecule has 2 atom stereocenters. The first-order valence-corrected chi connectivity index (χ1v) is 6.28. The fourth-order valence-electron chi connectivity index (χ4n) is 1.45. The van der Waals surface area contributed by atoms with Crippen LogP contribution in [0.4, 0.5) is 0 Å². The molecule has 1 saturated heterocycles. The number of carbonyl (C=O) groups excluding carboxylic acids is 1. The van der Waals surface area contributed by atoms with Crippen LogP contribution in [0.25, 0.3) is 0 Å². The Morgan fingerprint density at radius 2 is 2.12 bits per heavy atom. The highest BCUT2D eigenvalue weighted by molar-refractivity contribution is 8.02. The van der Waals surface area contributed by atoms with Gasteiger partial charge >= 0.3 is 5.97 Å². The molecule has 90 valence electrons. The second-order valence-corrected chi connectivity index (χ2v) is 6.93. The summed E-state index contributed by atoms with van der Waals surface area (Å²) in [6.45, 7) is 13.8. The average Bonchev–Trinajstić information content (AvgIpc) is 2.42. The van der Waals surface area contributed by atoms with Crippen LogP contribution in [0, 0.1) is 5.41 Å². The summed E-state index contributed by atoms with van der Waals surface area (Å²) in [6, 6.07) is 0. The number of cyclic esters (lactones) is 1. The van der Waals surface area contributed by atoms with Gasteiger partial charge in [0.1, 0.15) is 4.75 Å². The minimum absolute atomic E-state index is 0.0337. The summed E-state index contributed by atoms with van der Waals surface area (Å²) in [5, 5.41) is 0. The molecular weight excluding hydrogens is 220 g/mol. The molecule has 1 aliphatic rings. The van der Waals surface area contributed by atoms with Gasteiger partial charge in [0, 0.05) is 5.41 Å². The molecule has 0 amide bonds. The lowest BCUT2D eigenvalue weighted by atomic mass is 9.98. The number of carbonyl (C=O) groups is 1. The van der Waals surface area contributed by atoms with Crippen molar-refractivity contribution in [2.45, 2.75) is 44.8 Å². The van der Waals surface area contributed by atoms with Crippen molar-refractivity contribution in [1.29, 1.82) is 0 Å². The Morgan fingerprint density at radius 3 is 2.50 bits per heavy atom. The summed E-state index contributed by atoms with van der Waals surface area (Å²) in [4.78, 5) is 11.9. The van der Waals surface area contributed by atoms with Gasteiger partial charge in [-0.2, -0.15) is 0 Å². The summed E-state index contributed by atoms with van der Waals surface area (Å²) < 4.78 is 4.86. The quantitative estimate of drug-likeness (QED) is 0.545. The molecule has 3 heteroatoms. The molecule has 1 fully saturated rings. The number of ether oxygens (including phenoxy) is 1. The maximum Gasteiger partial charge on any atom is 0.327 e. The van der Waals surface area contributed by atoms with Crippen molar-refractivity contribution in [2.24, 2.45) is 5.41 Å². The van der Waals surface area contributed by atoms with Crippen LogP contribution in [-0.4, -0.2) is 16.2 Å². The Labute approximate surface area is 102 Å². The Morgan fingerprint density at radius 1 is 1.56 bits per heavy atom. The molecule has 16 heavy (non-hydrogen) atoms. The fraction of sp³-hybridized carbons (Fsp3) is 0.615. The topological polar surface area (TPSA) is 26.3 Å². The molecule has 1 aliphatic heterocycles. The molecular formula is C13H20O2S. The van der Waals surface area contributed by atoms with Crippen molar-refractivity contribution >= 4 is 17.7 Å². The van der Waals surface area contributed by atoms with Crippen LogP contribution in [0.2, 0.25) is 0 Å². The minimum Gasteiger partial charge on any atom is -0.449 e. The van der Waals surface area contributed by atoms with Gasteiger partial charge in [0.25, 0.3) is 0 Å².